The van der Waals surface area contributed by atoms with Crippen molar-refractivity contribution in [1.82, 2.24) is 29.8 Å². The molecule has 1 unspecified atom stereocenters. The maximum atomic E-state index is 12.7. The quantitative estimate of drug-likeness (QED) is 0.184. The van der Waals surface area contributed by atoms with Crippen molar-refractivity contribution in [2.75, 3.05) is 38.3 Å². The van der Waals surface area contributed by atoms with Gasteiger partial charge in [0, 0.05) is 55.4 Å². The van der Waals surface area contributed by atoms with Gasteiger partial charge >= 0.3 is 0 Å². The lowest BCUT2D eigenvalue weighted by Crippen LogP contribution is -2.54. The number of piperazine rings is 1. The molecule has 4 heterocycles. The number of pyridine rings is 1. The highest BCUT2D eigenvalue weighted by molar-refractivity contribution is 5.94. The minimum atomic E-state index is -0.00394. The van der Waals surface area contributed by atoms with Gasteiger partial charge in [-0.05, 0) is 50.1 Å². The number of ether oxygens (including phenoxy) is 1. The number of hydrogen-bond donors (Lipinski definition) is 0. The van der Waals surface area contributed by atoms with Gasteiger partial charge in [-0.1, -0.05) is 36.9 Å². The smallest absolute Gasteiger partial charge is 0.225 e. The maximum Gasteiger partial charge on any atom is 0.225 e. The highest BCUT2D eigenvalue weighted by Gasteiger charge is 2.33. The van der Waals surface area contributed by atoms with E-state index in [0.717, 1.165) is 68.7 Å². The van der Waals surface area contributed by atoms with Crippen LogP contribution in [0.1, 0.15) is 60.3 Å². The molecule has 10 heteroatoms. The van der Waals surface area contributed by atoms with Crippen LogP contribution in [0, 0.1) is 11.3 Å². The second kappa shape index (κ2) is 13.3. The number of aromatic nitrogens is 5. The molecule has 1 atom stereocenters. The topological polar surface area (TPSA) is 121 Å². The van der Waals surface area contributed by atoms with Gasteiger partial charge in [-0.25, -0.2) is 15.0 Å². The summed E-state index contributed by atoms with van der Waals surface area (Å²) in [7, 11) is 1.61. The standard InChI is InChI=1S/C38H36N8O2/c1-4-28-21-40-36-25(7-5-9-32(36)42-28)13-14-29-22-41-37-30(8-6-10-33(37)43-29)31-19-27(20-39)38(44-35(31)26-11-12-26)45-16-17-46(24(2)23-45)34(47)15-18-48-3/h4-10,13-14,19,21-22,24,26H,1,11-12,15-18,23H2,2-3H3/b14-13+. The summed E-state index contributed by atoms with van der Waals surface area (Å²) in [6, 6.07) is 16.3. The second-order valence-electron chi connectivity index (χ2n) is 12.3. The summed E-state index contributed by atoms with van der Waals surface area (Å²) in [4.78, 5) is 40.9. The van der Waals surface area contributed by atoms with Crippen molar-refractivity contribution in [3.8, 4) is 17.2 Å². The number of benzene rings is 2. The van der Waals surface area contributed by atoms with Gasteiger partial charge in [-0.15, -0.1) is 0 Å². The van der Waals surface area contributed by atoms with Crippen molar-refractivity contribution in [3.63, 3.8) is 0 Å². The van der Waals surface area contributed by atoms with Gasteiger partial charge in [-0.3, -0.25) is 14.8 Å². The largest absolute Gasteiger partial charge is 0.384 e. The molecule has 1 aliphatic heterocycles. The summed E-state index contributed by atoms with van der Waals surface area (Å²) in [5.41, 5.74) is 8.86. The minimum Gasteiger partial charge on any atom is -0.384 e. The first-order chi connectivity index (χ1) is 23.5. The molecular weight excluding hydrogens is 600 g/mol. The molecule has 0 radical (unpaired) electrons. The minimum absolute atomic E-state index is 0.00394. The highest BCUT2D eigenvalue weighted by Crippen LogP contribution is 2.46. The third kappa shape index (κ3) is 6.12. The number of hydrogen-bond acceptors (Lipinski definition) is 9. The van der Waals surface area contributed by atoms with Crippen molar-refractivity contribution >= 4 is 52.0 Å². The van der Waals surface area contributed by atoms with E-state index in [9.17, 15) is 10.1 Å². The fourth-order valence-electron chi connectivity index (χ4n) is 6.42. The zero-order valence-electron chi connectivity index (χ0n) is 27.1. The average Bonchev–Trinajstić information content (AvgIpc) is 3.97. The van der Waals surface area contributed by atoms with Crippen LogP contribution in [0.2, 0.25) is 0 Å². The zero-order chi connectivity index (χ0) is 33.2. The first kappa shape index (κ1) is 31.1. The van der Waals surface area contributed by atoms with Gasteiger partial charge in [0.15, 0.2) is 0 Å². The second-order valence-corrected chi connectivity index (χ2v) is 12.3. The lowest BCUT2D eigenvalue weighted by Gasteiger charge is -2.41. The number of rotatable bonds is 9. The molecule has 48 heavy (non-hydrogen) atoms. The molecule has 240 valence electrons. The summed E-state index contributed by atoms with van der Waals surface area (Å²) in [5.74, 6) is 1.11. The Hall–Kier alpha value is -5.53. The normalized spacial score (nSPS) is 16.5. The Morgan fingerprint density at radius 3 is 2.50 bits per heavy atom. The Labute approximate surface area is 279 Å². The monoisotopic (exact) mass is 636 g/mol. The number of nitrogens with zero attached hydrogens (tertiary/aromatic N) is 8. The van der Waals surface area contributed by atoms with Gasteiger partial charge in [0.05, 0.1) is 70.1 Å². The molecule has 2 fully saturated rings. The Balaban J connectivity index is 1.20. The molecule has 2 aliphatic rings. The van der Waals surface area contributed by atoms with Crippen LogP contribution in [0.4, 0.5) is 5.82 Å². The summed E-state index contributed by atoms with van der Waals surface area (Å²) in [6.07, 6.45) is 11.6. The number of carbonyl (C=O) groups is 1. The van der Waals surface area contributed by atoms with Crippen molar-refractivity contribution < 1.29 is 9.53 Å². The van der Waals surface area contributed by atoms with Gasteiger partial charge in [0.2, 0.25) is 5.91 Å². The number of fused-ring (bicyclic) bond motifs is 2. The maximum absolute atomic E-state index is 12.7. The fourth-order valence-corrected chi connectivity index (χ4v) is 6.42. The number of methoxy groups -OCH3 is 1. The molecule has 1 aliphatic carbocycles. The molecule has 0 spiro atoms. The zero-order valence-corrected chi connectivity index (χ0v) is 27.1. The van der Waals surface area contributed by atoms with Crippen molar-refractivity contribution in [1.29, 1.82) is 5.26 Å². The molecule has 1 saturated heterocycles. The van der Waals surface area contributed by atoms with Gasteiger partial charge in [-0.2, -0.15) is 5.26 Å². The third-order valence-electron chi connectivity index (χ3n) is 9.03. The fraction of sp³-hybridized carbons (Fsp3) is 0.289. The van der Waals surface area contributed by atoms with E-state index in [1.165, 1.54) is 0 Å². The summed E-state index contributed by atoms with van der Waals surface area (Å²) < 4.78 is 5.11. The molecule has 1 amide bonds. The SMILES string of the molecule is C=Cc1cnc2c(/C=C/c3cnc4c(-c5cc(C#N)c(N6CCN(C(=O)CCOC)C(C)C6)nc5C5CC5)cccc4n3)cccc2n1. The predicted molar refractivity (Wildman–Crippen MR) is 188 cm³/mol. The van der Waals surface area contributed by atoms with Crippen LogP contribution < -0.4 is 4.90 Å². The van der Waals surface area contributed by atoms with E-state index in [4.69, 9.17) is 19.7 Å². The average molecular weight is 637 g/mol. The number of carbonyl (C=O) groups excluding carboxylic acids is 1. The lowest BCUT2D eigenvalue weighted by atomic mass is 9.97. The molecule has 3 aromatic heterocycles. The van der Waals surface area contributed by atoms with Crippen molar-refractivity contribution in [2.24, 2.45) is 0 Å². The van der Waals surface area contributed by atoms with Crippen LogP contribution in [-0.2, 0) is 9.53 Å². The van der Waals surface area contributed by atoms with E-state index in [1.54, 1.807) is 25.6 Å². The van der Waals surface area contributed by atoms with E-state index in [1.807, 2.05) is 66.4 Å². The molecule has 7 rings (SSSR count). The van der Waals surface area contributed by atoms with Gasteiger partial charge in [0.25, 0.3) is 0 Å². The molecule has 5 aromatic rings. The van der Waals surface area contributed by atoms with Crippen LogP contribution in [0.3, 0.4) is 0 Å². The summed E-state index contributed by atoms with van der Waals surface area (Å²) >= 11 is 0. The van der Waals surface area contributed by atoms with E-state index >= 15 is 0 Å². The third-order valence-corrected chi connectivity index (χ3v) is 9.03. The van der Waals surface area contributed by atoms with E-state index in [-0.39, 0.29) is 11.9 Å². The van der Waals surface area contributed by atoms with Crippen LogP contribution in [0.15, 0.2) is 61.4 Å². The number of amides is 1. The summed E-state index contributed by atoms with van der Waals surface area (Å²) in [5, 5.41) is 10.3. The Kier molecular flexibility index (Phi) is 8.61. The molecule has 0 N–H and O–H groups in total. The van der Waals surface area contributed by atoms with Crippen LogP contribution in [0.25, 0.3) is 51.4 Å². The van der Waals surface area contributed by atoms with E-state index in [0.29, 0.717) is 50.0 Å². The Bertz CT molecular complexity index is 2120. The number of para-hydroxylation sites is 2. The molecule has 2 aromatic carbocycles. The van der Waals surface area contributed by atoms with E-state index in [2.05, 4.69) is 27.5 Å². The van der Waals surface area contributed by atoms with Crippen LogP contribution in [0.5, 0.6) is 0 Å². The molecule has 1 saturated carbocycles. The number of anilines is 1. The van der Waals surface area contributed by atoms with Gasteiger partial charge in [0.1, 0.15) is 11.9 Å². The molecular formula is C38H36N8O2. The Morgan fingerprint density at radius 1 is 1.00 bits per heavy atom. The summed E-state index contributed by atoms with van der Waals surface area (Å²) in [6.45, 7) is 8.05. The van der Waals surface area contributed by atoms with Crippen LogP contribution >= 0.6 is 0 Å². The molecule has 10 nitrogen and oxygen atoms in total. The molecule has 0 bridgehead atoms. The highest BCUT2D eigenvalue weighted by atomic mass is 16.5. The van der Waals surface area contributed by atoms with Crippen molar-refractivity contribution in [3.05, 3.63) is 89.6 Å². The predicted octanol–water partition coefficient (Wildman–Crippen LogP) is 6.27. The van der Waals surface area contributed by atoms with Crippen LogP contribution in [-0.4, -0.2) is 75.1 Å². The first-order valence-electron chi connectivity index (χ1n) is 16.3. The lowest BCUT2D eigenvalue weighted by molar-refractivity contribution is -0.134. The van der Waals surface area contributed by atoms with Crippen molar-refractivity contribution in [2.45, 2.75) is 38.1 Å². The van der Waals surface area contributed by atoms with Gasteiger partial charge < -0.3 is 14.5 Å². The first-order valence-corrected chi connectivity index (χ1v) is 16.3. The van der Waals surface area contributed by atoms with E-state index < -0.39 is 0 Å². The Morgan fingerprint density at radius 2 is 1.75 bits per heavy atom. The number of nitriles is 1.